The zero-order valence-corrected chi connectivity index (χ0v) is 11.6. The summed E-state index contributed by atoms with van der Waals surface area (Å²) in [6.45, 7) is 1.52. The van der Waals surface area contributed by atoms with Crippen LogP contribution in [0.1, 0.15) is 12.5 Å². The van der Waals surface area contributed by atoms with Gasteiger partial charge in [0.2, 0.25) is 0 Å². The van der Waals surface area contributed by atoms with E-state index in [0.717, 1.165) is 18.2 Å². The molecule has 1 aromatic heterocycles. The Morgan fingerprint density at radius 1 is 1.57 bits per heavy atom. The maximum absolute atomic E-state index is 13.2. The lowest BCUT2D eigenvalue weighted by molar-refractivity contribution is -0.384. The summed E-state index contributed by atoms with van der Waals surface area (Å²) < 4.78 is 14.8. The smallest absolute Gasteiger partial charge is 0.292 e. The molecule has 2 aromatic rings. The van der Waals surface area contributed by atoms with E-state index in [1.807, 2.05) is 0 Å². The van der Waals surface area contributed by atoms with E-state index in [-0.39, 0.29) is 17.9 Å². The van der Waals surface area contributed by atoms with Crippen LogP contribution in [0.2, 0.25) is 0 Å². The number of benzene rings is 1. The first-order valence-electron chi connectivity index (χ1n) is 6.19. The molecule has 0 aliphatic carbocycles. The molecule has 7 nitrogen and oxygen atoms in total. The third kappa shape index (κ3) is 3.34. The summed E-state index contributed by atoms with van der Waals surface area (Å²) in [4.78, 5) is 10.3. The number of nitro groups is 1. The molecule has 0 saturated heterocycles. The third-order valence-corrected chi connectivity index (χ3v) is 3.11. The summed E-state index contributed by atoms with van der Waals surface area (Å²) in [6.07, 6.45) is 3.14. The number of halogens is 1. The molecular weight excluding hydrogens is 279 g/mol. The van der Waals surface area contributed by atoms with E-state index in [1.54, 1.807) is 20.2 Å². The van der Waals surface area contributed by atoms with Gasteiger partial charge in [0.25, 0.3) is 5.69 Å². The highest BCUT2D eigenvalue weighted by Crippen LogP contribution is 2.27. The molecule has 0 aliphatic heterocycles. The van der Waals surface area contributed by atoms with Crippen molar-refractivity contribution in [2.75, 3.05) is 11.9 Å². The Kier molecular flexibility index (Phi) is 3.90. The molecule has 1 aromatic carbocycles. The van der Waals surface area contributed by atoms with E-state index in [0.29, 0.717) is 5.56 Å². The Bertz CT molecular complexity index is 669. The second-order valence-corrected chi connectivity index (χ2v) is 4.95. The number of aromatic nitrogens is 2. The SMILES string of the molecule is Cn1cc(C(C)(O)CNc2cc(F)ccc2[N+](=O)[O-])cn1. The normalized spacial score (nSPS) is 13.7. The van der Waals surface area contributed by atoms with Crippen molar-refractivity contribution < 1.29 is 14.4 Å². The van der Waals surface area contributed by atoms with Gasteiger partial charge in [0.15, 0.2) is 0 Å². The number of aliphatic hydroxyl groups is 1. The van der Waals surface area contributed by atoms with Crippen LogP contribution in [0.4, 0.5) is 15.8 Å². The highest BCUT2D eigenvalue weighted by atomic mass is 19.1. The average Bonchev–Trinajstić information content (AvgIpc) is 2.84. The average molecular weight is 294 g/mol. The van der Waals surface area contributed by atoms with Gasteiger partial charge in [-0.2, -0.15) is 5.10 Å². The Morgan fingerprint density at radius 2 is 2.29 bits per heavy atom. The van der Waals surface area contributed by atoms with Crippen LogP contribution in [0.3, 0.4) is 0 Å². The third-order valence-electron chi connectivity index (χ3n) is 3.11. The largest absolute Gasteiger partial charge is 0.383 e. The van der Waals surface area contributed by atoms with Crippen LogP contribution in [-0.2, 0) is 12.6 Å². The topological polar surface area (TPSA) is 93.2 Å². The second-order valence-electron chi connectivity index (χ2n) is 4.95. The molecule has 1 unspecified atom stereocenters. The van der Waals surface area contributed by atoms with E-state index in [9.17, 15) is 19.6 Å². The quantitative estimate of drug-likeness (QED) is 0.647. The molecule has 0 radical (unpaired) electrons. The van der Waals surface area contributed by atoms with Crippen molar-refractivity contribution in [1.82, 2.24) is 9.78 Å². The van der Waals surface area contributed by atoms with Crippen molar-refractivity contribution in [3.63, 3.8) is 0 Å². The van der Waals surface area contributed by atoms with Gasteiger partial charge in [0.05, 0.1) is 11.1 Å². The minimum absolute atomic E-state index is 0.0177. The zero-order valence-electron chi connectivity index (χ0n) is 11.6. The lowest BCUT2D eigenvalue weighted by atomic mass is 9.99. The molecule has 1 heterocycles. The summed E-state index contributed by atoms with van der Waals surface area (Å²) >= 11 is 0. The maximum Gasteiger partial charge on any atom is 0.292 e. The number of aryl methyl sites for hydroxylation is 1. The number of nitrogens with one attached hydrogen (secondary N) is 1. The van der Waals surface area contributed by atoms with Crippen molar-refractivity contribution >= 4 is 11.4 Å². The standard InChI is InChI=1S/C13H15FN4O3/c1-13(19,9-6-16-17(2)7-9)8-15-11-5-10(14)3-4-12(11)18(20)21/h3-7,15,19H,8H2,1-2H3. The fraction of sp³-hybridized carbons (Fsp3) is 0.308. The van der Waals surface area contributed by atoms with Gasteiger partial charge < -0.3 is 10.4 Å². The van der Waals surface area contributed by atoms with E-state index >= 15 is 0 Å². The highest BCUT2D eigenvalue weighted by molar-refractivity contribution is 5.61. The van der Waals surface area contributed by atoms with Crippen LogP contribution in [-0.4, -0.2) is 26.4 Å². The Labute approximate surface area is 120 Å². The summed E-state index contributed by atoms with van der Waals surface area (Å²) in [5.41, 5.74) is -0.979. The van der Waals surface area contributed by atoms with Crippen molar-refractivity contribution in [2.24, 2.45) is 7.05 Å². The molecule has 21 heavy (non-hydrogen) atoms. The molecule has 0 aliphatic rings. The molecule has 2 rings (SSSR count). The van der Waals surface area contributed by atoms with E-state index < -0.39 is 16.3 Å². The molecular formula is C13H15FN4O3. The first kappa shape index (κ1) is 14.9. The fourth-order valence-electron chi connectivity index (χ4n) is 1.88. The van der Waals surface area contributed by atoms with Crippen LogP contribution in [0.15, 0.2) is 30.6 Å². The number of nitrogens with zero attached hydrogens (tertiary/aromatic N) is 3. The van der Waals surface area contributed by atoms with Gasteiger partial charge in [-0.05, 0) is 13.0 Å². The molecule has 0 saturated carbocycles. The van der Waals surface area contributed by atoms with Gasteiger partial charge in [-0.3, -0.25) is 14.8 Å². The first-order valence-corrected chi connectivity index (χ1v) is 6.19. The lowest BCUT2D eigenvalue weighted by Crippen LogP contribution is -2.30. The van der Waals surface area contributed by atoms with Crippen LogP contribution in [0, 0.1) is 15.9 Å². The van der Waals surface area contributed by atoms with Crippen molar-refractivity contribution in [3.05, 3.63) is 52.1 Å². The number of nitro benzene ring substituents is 1. The Hall–Kier alpha value is -2.48. The van der Waals surface area contributed by atoms with Crippen LogP contribution >= 0.6 is 0 Å². The number of anilines is 1. The summed E-state index contributed by atoms with van der Waals surface area (Å²) in [5, 5.41) is 28.0. The van der Waals surface area contributed by atoms with Gasteiger partial charge in [-0.1, -0.05) is 0 Å². The van der Waals surface area contributed by atoms with E-state index in [2.05, 4.69) is 10.4 Å². The molecule has 0 bridgehead atoms. The van der Waals surface area contributed by atoms with Gasteiger partial charge in [0.1, 0.15) is 17.1 Å². The number of hydrogen-bond donors (Lipinski definition) is 2. The van der Waals surface area contributed by atoms with Gasteiger partial charge in [0, 0.05) is 37.5 Å². The number of rotatable bonds is 5. The summed E-state index contributed by atoms with van der Waals surface area (Å²) in [6, 6.07) is 3.12. The minimum atomic E-state index is -1.30. The molecule has 0 amide bonds. The van der Waals surface area contributed by atoms with Crippen molar-refractivity contribution in [1.29, 1.82) is 0 Å². The second kappa shape index (κ2) is 5.49. The van der Waals surface area contributed by atoms with Crippen LogP contribution < -0.4 is 5.32 Å². The van der Waals surface area contributed by atoms with E-state index in [4.69, 9.17) is 0 Å². The Balaban J connectivity index is 2.19. The van der Waals surface area contributed by atoms with Gasteiger partial charge in [-0.25, -0.2) is 4.39 Å². The predicted molar refractivity (Wildman–Crippen MR) is 74.3 cm³/mol. The lowest BCUT2D eigenvalue weighted by Gasteiger charge is -2.22. The molecule has 0 fully saturated rings. The van der Waals surface area contributed by atoms with Gasteiger partial charge >= 0.3 is 0 Å². The molecule has 1 atom stereocenters. The maximum atomic E-state index is 13.2. The van der Waals surface area contributed by atoms with Gasteiger partial charge in [-0.15, -0.1) is 0 Å². The number of hydrogen-bond acceptors (Lipinski definition) is 5. The van der Waals surface area contributed by atoms with Crippen LogP contribution in [0.25, 0.3) is 0 Å². The van der Waals surface area contributed by atoms with Crippen molar-refractivity contribution in [3.8, 4) is 0 Å². The van der Waals surface area contributed by atoms with Crippen molar-refractivity contribution in [2.45, 2.75) is 12.5 Å². The summed E-state index contributed by atoms with van der Waals surface area (Å²) in [5.74, 6) is -0.593. The molecule has 2 N–H and O–H groups in total. The summed E-state index contributed by atoms with van der Waals surface area (Å²) in [7, 11) is 1.71. The minimum Gasteiger partial charge on any atom is -0.383 e. The molecule has 112 valence electrons. The first-order chi connectivity index (χ1) is 9.79. The zero-order chi connectivity index (χ0) is 15.6. The monoisotopic (exact) mass is 294 g/mol. The molecule has 8 heteroatoms. The van der Waals surface area contributed by atoms with Crippen LogP contribution in [0.5, 0.6) is 0 Å². The fourth-order valence-corrected chi connectivity index (χ4v) is 1.88. The predicted octanol–water partition coefficient (Wildman–Crippen LogP) is 1.79. The highest BCUT2D eigenvalue weighted by Gasteiger charge is 2.26. The molecule has 0 spiro atoms. The van der Waals surface area contributed by atoms with E-state index in [1.165, 1.54) is 10.9 Å². The Morgan fingerprint density at radius 3 is 2.86 bits per heavy atom.